The summed E-state index contributed by atoms with van der Waals surface area (Å²) in [4.78, 5) is 12.8. The highest BCUT2D eigenvalue weighted by atomic mass is 32.2. The topological polar surface area (TPSA) is 129 Å². The molecule has 1 aliphatic heterocycles. The number of nitrogens with one attached hydrogen (secondary N) is 1. The molecule has 0 aliphatic carbocycles. The van der Waals surface area contributed by atoms with E-state index < -0.39 is 15.9 Å². The van der Waals surface area contributed by atoms with Crippen LogP contribution in [-0.4, -0.2) is 51.0 Å². The lowest BCUT2D eigenvalue weighted by molar-refractivity contribution is -0.112. The molecule has 174 valence electrons. The molecular formula is C23H25N3O6S. The summed E-state index contributed by atoms with van der Waals surface area (Å²) in [6, 6.07) is 10.7. The minimum Gasteiger partial charge on any atom is -0.502 e. The van der Waals surface area contributed by atoms with Crippen molar-refractivity contribution < 1.29 is 27.8 Å². The summed E-state index contributed by atoms with van der Waals surface area (Å²) in [6.45, 7) is 0.944. The number of phenols is 1. The zero-order valence-corrected chi connectivity index (χ0v) is 19.2. The van der Waals surface area contributed by atoms with Gasteiger partial charge in [-0.3, -0.25) is 4.79 Å². The van der Waals surface area contributed by atoms with Gasteiger partial charge in [-0.05, 0) is 54.8 Å². The zero-order valence-electron chi connectivity index (χ0n) is 18.4. The number of ether oxygens (including phenoxy) is 2. The third-order valence-corrected chi connectivity index (χ3v) is 7.12. The molecular weight excluding hydrogens is 446 g/mol. The number of benzene rings is 2. The van der Waals surface area contributed by atoms with Crippen LogP contribution in [0.5, 0.6) is 17.2 Å². The quantitative estimate of drug-likeness (QED) is 0.469. The van der Waals surface area contributed by atoms with E-state index in [0.29, 0.717) is 18.7 Å². The number of methoxy groups -OCH3 is 2. The molecule has 10 heteroatoms. The van der Waals surface area contributed by atoms with E-state index in [2.05, 4.69) is 5.32 Å². The van der Waals surface area contributed by atoms with Crippen molar-refractivity contribution in [1.82, 2.24) is 4.31 Å². The first-order valence-electron chi connectivity index (χ1n) is 10.3. The maximum absolute atomic E-state index is 12.9. The molecule has 9 nitrogen and oxygen atoms in total. The van der Waals surface area contributed by atoms with Crippen LogP contribution in [0.25, 0.3) is 6.08 Å². The van der Waals surface area contributed by atoms with Crippen molar-refractivity contribution in [3.05, 3.63) is 47.5 Å². The molecule has 2 aromatic rings. The second-order valence-electron chi connectivity index (χ2n) is 7.39. The van der Waals surface area contributed by atoms with Crippen molar-refractivity contribution in [2.75, 3.05) is 32.6 Å². The summed E-state index contributed by atoms with van der Waals surface area (Å²) in [5.41, 5.74) is 0.420. The Morgan fingerprint density at radius 3 is 2.33 bits per heavy atom. The van der Waals surface area contributed by atoms with Gasteiger partial charge in [0.15, 0.2) is 11.5 Å². The average Bonchev–Trinajstić information content (AvgIpc) is 2.83. The first-order valence-corrected chi connectivity index (χ1v) is 11.7. The van der Waals surface area contributed by atoms with Crippen LogP contribution in [0, 0.1) is 11.3 Å². The first kappa shape index (κ1) is 24.1. The van der Waals surface area contributed by atoms with Crippen molar-refractivity contribution >= 4 is 27.7 Å². The van der Waals surface area contributed by atoms with Crippen molar-refractivity contribution in [1.29, 1.82) is 5.26 Å². The summed E-state index contributed by atoms with van der Waals surface area (Å²) >= 11 is 0. The highest BCUT2D eigenvalue weighted by Gasteiger charge is 2.26. The lowest BCUT2D eigenvalue weighted by Crippen LogP contribution is -2.35. The standard InChI is InChI=1S/C23H25N3O6S/c1-31-20-12-16(13-21(32-2)22(20)27)11-17(15-24)23(28)25-18-7-6-8-19(14-18)33(29,30)26-9-4-3-5-10-26/h6-8,11-14,27H,3-5,9-10H2,1-2H3,(H,25,28)/b17-11+. The number of anilines is 1. The molecule has 3 rings (SSSR count). The van der Waals surface area contributed by atoms with Gasteiger partial charge in [0.1, 0.15) is 11.6 Å². The normalized spacial score (nSPS) is 14.9. The average molecular weight is 472 g/mol. The molecule has 1 amide bonds. The Hall–Kier alpha value is -3.55. The van der Waals surface area contributed by atoms with Gasteiger partial charge in [-0.1, -0.05) is 12.5 Å². The molecule has 0 unspecified atom stereocenters. The lowest BCUT2D eigenvalue weighted by Gasteiger charge is -2.26. The fraction of sp³-hybridized carbons (Fsp3) is 0.304. The number of piperidine rings is 1. The Labute approximate surface area is 192 Å². The molecule has 1 saturated heterocycles. The van der Waals surface area contributed by atoms with Crippen molar-refractivity contribution in [3.63, 3.8) is 0 Å². The van der Waals surface area contributed by atoms with E-state index in [1.807, 2.05) is 6.07 Å². The van der Waals surface area contributed by atoms with E-state index in [1.54, 1.807) is 6.07 Å². The smallest absolute Gasteiger partial charge is 0.266 e. The van der Waals surface area contributed by atoms with Crippen LogP contribution in [0.15, 0.2) is 46.9 Å². The Morgan fingerprint density at radius 2 is 1.76 bits per heavy atom. The molecule has 2 N–H and O–H groups in total. The second kappa shape index (κ2) is 10.4. The minimum absolute atomic E-state index is 0.0812. The van der Waals surface area contributed by atoms with Crippen LogP contribution in [0.4, 0.5) is 5.69 Å². The predicted octanol–water partition coefficient (Wildman–Crippen LogP) is 3.13. The molecule has 0 atom stereocenters. The highest BCUT2D eigenvalue weighted by molar-refractivity contribution is 7.89. The van der Waals surface area contributed by atoms with Gasteiger partial charge in [0.25, 0.3) is 5.91 Å². The number of rotatable bonds is 7. The van der Waals surface area contributed by atoms with Gasteiger partial charge in [0, 0.05) is 18.8 Å². The number of phenolic OH excluding ortho intramolecular Hbond substituents is 1. The number of carbonyl (C=O) groups excluding carboxylic acids is 1. The first-order chi connectivity index (χ1) is 15.8. The number of amides is 1. The van der Waals surface area contributed by atoms with E-state index in [1.165, 1.54) is 54.9 Å². The number of nitrogens with zero attached hydrogens (tertiary/aromatic N) is 2. The minimum atomic E-state index is -3.66. The summed E-state index contributed by atoms with van der Waals surface area (Å²) in [5.74, 6) is -0.675. The van der Waals surface area contributed by atoms with Crippen LogP contribution in [0.3, 0.4) is 0 Å². The van der Waals surface area contributed by atoms with E-state index >= 15 is 0 Å². The molecule has 1 aliphatic rings. The van der Waals surface area contributed by atoms with Gasteiger partial charge in [-0.2, -0.15) is 9.57 Å². The van der Waals surface area contributed by atoms with Crippen LogP contribution in [0.2, 0.25) is 0 Å². The Balaban J connectivity index is 1.85. The van der Waals surface area contributed by atoms with E-state index in [9.17, 15) is 23.6 Å². The summed E-state index contributed by atoms with van der Waals surface area (Å²) < 4.78 is 37.5. The van der Waals surface area contributed by atoms with Gasteiger partial charge in [0.05, 0.1) is 19.1 Å². The van der Waals surface area contributed by atoms with Crippen LogP contribution in [-0.2, 0) is 14.8 Å². The van der Waals surface area contributed by atoms with Crippen molar-refractivity contribution in [2.24, 2.45) is 0 Å². The van der Waals surface area contributed by atoms with Crippen LogP contribution >= 0.6 is 0 Å². The third-order valence-electron chi connectivity index (χ3n) is 5.22. The van der Waals surface area contributed by atoms with E-state index in [4.69, 9.17) is 9.47 Å². The molecule has 33 heavy (non-hydrogen) atoms. The molecule has 0 bridgehead atoms. The number of hydrogen-bond donors (Lipinski definition) is 2. The second-order valence-corrected chi connectivity index (χ2v) is 9.33. The number of sulfonamides is 1. The van der Waals surface area contributed by atoms with Crippen LogP contribution < -0.4 is 14.8 Å². The maximum Gasteiger partial charge on any atom is 0.266 e. The SMILES string of the molecule is COc1cc(/C=C(\C#N)C(=O)Nc2cccc(S(=O)(=O)N3CCCCC3)c2)cc(OC)c1O. The highest BCUT2D eigenvalue weighted by Crippen LogP contribution is 2.37. The molecule has 0 radical (unpaired) electrons. The summed E-state index contributed by atoms with van der Waals surface area (Å²) in [7, 11) is -0.931. The Morgan fingerprint density at radius 1 is 1.12 bits per heavy atom. The van der Waals surface area contributed by atoms with Gasteiger partial charge in [-0.25, -0.2) is 8.42 Å². The van der Waals surface area contributed by atoms with Gasteiger partial charge in [-0.15, -0.1) is 0 Å². The van der Waals surface area contributed by atoms with Gasteiger partial charge in [0.2, 0.25) is 15.8 Å². The number of nitriles is 1. The van der Waals surface area contributed by atoms with Crippen LogP contribution in [0.1, 0.15) is 24.8 Å². The summed E-state index contributed by atoms with van der Waals surface area (Å²) in [6.07, 6.45) is 3.95. The molecule has 2 aromatic carbocycles. The number of hydrogen-bond acceptors (Lipinski definition) is 7. The Kier molecular flexibility index (Phi) is 7.58. The molecule has 0 saturated carbocycles. The zero-order chi connectivity index (χ0) is 24.0. The molecule has 1 heterocycles. The third kappa shape index (κ3) is 5.45. The van der Waals surface area contributed by atoms with E-state index in [0.717, 1.165) is 19.3 Å². The van der Waals surface area contributed by atoms with Gasteiger partial charge >= 0.3 is 0 Å². The van der Waals surface area contributed by atoms with Crippen molar-refractivity contribution in [2.45, 2.75) is 24.2 Å². The number of aromatic hydroxyl groups is 1. The Bertz CT molecular complexity index is 1190. The van der Waals surface area contributed by atoms with Gasteiger partial charge < -0.3 is 19.9 Å². The predicted molar refractivity (Wildman–Crippen MR) is 122 cm³/mol. The summed E-state index contributed by atoms with van der Waals surface area (Å²) in [5, 5.41) is 22.1. The molecule has 0 spiro atoms. The van der Waals surface area contributed by atoms with Crippen molar-refractivity contribution in [3.8, 4) is 23.3 Å². The maximum atomic E-state index is 12.9. The lowest BCUT2D eigenvalue weighted by atomic mass is 10.1. The molecule has 0 aromatic heterocycles. The molecule has 1 fully saturated rings. The monoisotopic (exact) mass is 471 g/mol. The fourth-order valence-electron chi connectivity index (χ4n) is 3.50. The fourth-order valence-corrected chi connectivity index (χ4v) is 5.06. The number of carbonyl (C=O) groups is 1. The largest absolute Gasteiger partial charge is 0.502 e. The van der Waals surface area contributed by atoms with E-state index in [-0.39, 0.29) is 33.4 Å².